The molecule has 40 heavy (non-hydrogen) atoms. The maximum atomic E-state index is 14.2. The minimum absolute atomic E-state index is 0.167. The molecule has 6 aromatic rings. The molecular weight excluding hydrogens is 490 g/mol. The molecule has 6 rings (SSSR count). The van der Waals surface area contributed by atoms with Crippen molar-refractivity contribution in [1.29, 1.82) is 5.26 Å². The lowest BCUT2D eigenvalue weighted by Gasteiger charge is -2.38. The SMILES string of the molecule is N#Cc1ccc(C(=O)c2cnccc2NC(c2ccccc2)(c2ccccc2)c2ccccc2)c2ccccc12. The van der Waals surface area contributed by atoms with Crippen LogP contribution in [-0.4, -0.2) is 10.8 Å². The highest BCUT2D eigenvalue weighted by Gasteiger charge is 2.37. The molecule has 0 aliphatic rings. The number of ketones is 1. The van der Waals surface area contributed by atoms with E-state index in [0.29, 0.717) is 22.4 Å². The second-order valence-corrected chi connectivity index (χ2v) is 9.54. The van der Waals surface area contributed by atoms with Crippen LogP contribution in [0.1, 0.15) is 38.2 Å². The van der Waals surface area contributed by atoms with Crippen LogP contribution in [0.15, 0.2) is 146 Å². The number of pyridine rings is 1. The van der Waals surface area contributed by atoms with Crippen molar-refractivity contribution in [3.05, 3.63) is 179 Å². The van der Waals surface area contributed by atoms with Gasteiger partial charge in [0.15, 0.2) is 5.78 Å². The van der Waals surface area contributed by atoms with Crippen molar-refractivity contribution >= 4 is 22.2 Å². The molecule has 190 valence electrons. The number of aromatic nitrogens is 1. The minimum Gasteiger partial charge on any atom is -0.367 e. The van der Waals surface area contributed by atoms with Gasteiger partial charge in [-0.05, 0) is 40.3 Å². The van der Waals surface area contributed by atoms with E-state index in [0.717, 1.165) is 27.5 Å². The Balaban J connectivity index is 1.56. The third-order valence-corrected chi connectivity index (χ3v) is 7.30. The van der Waals surface area contributed by atoms with Crippen molar-refractivity contribution in [2.45, 2.75) is 5.54 Å². The molecule has 0 bridgehead atoms. The summed E-state index contributed by atoms with van der Waals surface area (Å²) < 4.78 is 0. The molecule has 1 heterocycles. The number of benzene rings is 5. The highest BCUT2D eigenvalue weighted by Crippen LogP contribution is 2.41. The zero-order valence-corrected chi connectivity index (χ0v) is 21.7. The van der Waals surface area contributed by atoms with E-state index in [1.165, 1.54) is 0 Å². The van der Waals surface area contributed by atoms with E-state index in [1.54, 1.807) is 24.5 Å². The summed E-state index contributed by atoms with van der Waals surface area (Å²) in [7, 11) is 0. The summed E-state index contributed by atoms with van der Waals surface area (Å²) in [4.78, 5) is 18.6. The first kappa shape index (κ1) is 24.8. The Morgan fingerprint density at radius 2 is 1.15 bits per heavy atom. The lowest BCUT2D eigenvalue weighted by molar-refractivity contribution is 0.104. The summed E-state index contributed by atoms with van der Waals surface area (Å²) in [6, 6.07) is 45.8. The number of nitrogens with one attached hydrogen (secondary N) is 1. The fourth-order valence-electron chi connectivity index (χ4n) is 5.41. The molecule has 0 radical (unpaired) electrons. The molecule has 1 aromatic heterocycles. The van der Waals surface area contributed by atoms with Gasteiger partial charge in [0.2, 0.25) is 0 Å². The van der Waals surface area contributed by atoms with Crippen molar-refractivity contribution in [2.24, 2.45) is 0 Å². The molecule has 0 saturated heterocycles. The maximum Gasteiger partial charge on any atom is 0.197 e. The van der Waals surface area contributed by atoms with Gasteiger partial charge in [-0.2, -0.15) is 5.26 Å². The molecule has 0 fully saturated rings. The number of rotatable bonds is 7. The number of nitriles is 1. The molecule has 0 amide bonds. The molecule has 0 unspecified atom stereocenters. The summed E-state index contributed by atoms with van der Waals surface area (Å²) in [6.45, 7) is 0. The molecule has 0 atom stereocenters. The molecular formula is C36H25N3O. The van der Waals surface area contributed by atoms with Gasteiger partial charge < -0.3 is 5.32 Å². The van der Waals surface area contributed by atoms with Crippen LogP contribution in [-0.2, 0) is 5.54 Å². The molecule has 0 aliphatic heterocycles. The van der Waals surface area contributed by atoms with Gasteiger partial charge in [0.25, 0.3) is 0 Å². The predicted octanol–water partition coefficient (Wildman–Crippen LogP) is 7.74. The van der Waals surface area contributed by atoms with Crippen LogP contribution < -0.4 is 5.32 Å². The highest BCUT2D eigenvalue weighted by atomic mass is 16.1. The molecule has 4 heteroatoms. The highest BCUT2D eigenvalue weighted by molar-refractivity contribution is 6.19. The fourth-order valence-corrected chi connectivity index (χ4v) is 5.41. The smallest absolute Gasteiger partial charge is 0.197 e. The Morgan fingerprint density at radius 1 is 0.625 bits per heavy atom. The van der Waals surface area contributed by atoms with Gasteiger partial charge in [-0.3, -0.25) is 9.78 Å². The average Bonchev–Trinajstić information content (AvgIpc) is 3.04. The molecule has 4 nitrogen and oxygen atoms in total. The van der Waals surface area contributed by atoms with Gasteiger partial charge in [-0.25, -0.2) is 0 Å². The average molecular weight is 516 g/mol. The standard InChI is InChI=1S/C36H25N3O/c37-24-26-20-21-32(31-19-11-10-18-30(26)31)35(40)33-25-38-23-22-34(33)39-36(27-12-4-1-5-13-27,28-14-6-2-7-15-28)29-16-8-3-9-17-29/h1-23,25H,(H,38,39). The molecule has 0 aliphatic carbocycles. The van der Waals surface area contributed by atoms with Crippen LogP contribution in [0.4, 0.5) is 5.69 Å². The maximum absolute atomic E-state index is 14.2. The van der Waals surface area contributed by atoms with Crippen LogP contribution in [0.2, 0.25) is 0 Å². The van der Waals surface area contributed by atoms with Crippen LogP contribution in [0.5, 0.6) is 0 Å². The van der Waals surface area contributed by atoms with Crippen molar-refractivity contribution in [2.75, 3.05) is 5.32 Å². The van der Waals surface area contributed by atoms with Gasteiger partial charge in [0.05, 0.1) is 17.2 Å². The monoisotopic (exact) mass is 515 g/mol. The van der Waals surface area contributed by atoms with Crippen molar-refractivity contribution < 1.29 is 4.79 Å². The van der Waals surface area contributed by atoms with Gasteiger partial charge >= 0.3 is 0 Å². The van der Waals surface area contributed by atoms with Gasteiger partial charge in [0.1, 0.15) is 5.54 Å². The minimum atomic E-state index is -0.799. The zero-order chi connectivity index (χ0) is 27.4. The fraction of sp³-hybridized carbons (Fsp3) is 0.0278. The Morgan fingerprint density at radius 3 is 1.70 bits per heavy atom. The topological polar surface area (TPSA) is 65.8 Å². The van der Waals surface area contributed by atoms with Crippen LogP contribution in [0.25, 0.3) is 10.8 Å². The van der Waals surface area contributed by atoms with E-state index in [1.807, 2.05) is 84.9 Å². The Labute approximate surface area is 233 Å². The van der Waals surface area contributed by atoms with Crippen LogP contribution in [0, 0.1) is 11.3 Å². The van der Waals surface area contributed by atoms with Crippen molar-refractivity contribution in [1.82, 2.24) is 4.98 Å². The largest absolute Gasteiger partial charge is 0.367 e. The molecule has 0 spiro atoms. The first-order chi connectivity index (χ1) is 19.7. The number of hydrogen-bond acceptors (Lipinski definition) is 4. The van der Waals surface area contributed by atoms with Crippen molar-refractivity contribution in [3.63, 3.8) is 0 Å². The lowest BCUT2D eigenvalue weighted by atomic mass is 9.76. The number of carbonyl (C=O) groups excluding carboxylic acids is 1. The predicted molar refractivity (Wildman–Crippen MR) is 159 cm³/mol. The number of nitrogens with zero attached hydrogens (tertiary/aromatic N) is 2. The Kier molecular flexibility index (Phi) is 6.62. The van der Waals surface area contributed by atoms with E-state index in [-0.39, 0.29) is 5.78 Å². The van der Waals surface area contributed by atoms with Gasteiger partial charge in [-0.1, -0.05) is 115 Å². The third-order valence-electron chi connectivity index (χ3n) is 7.30. The summed E-state index contributed by atoms with van der Waals surface area (Å²) >= 11 is 0. The Hall–Kier alpha value is -5.53. The van der Waals surface area contributed by atoms with E-state index < -0.39 is 5.54 Å². The van der Waals surface area contributed by atoms with Crippen molar-refractivity contribution in [3.8, 4) is 6.07 Å². The summed E-state index contributed by atoms with van der Waals surface area (Å²) in [5.41, 5.74) is 4.47. The summed E-state index contributed by atoms with van der Waals surface area (Å²) in [5, 5.41) is 14.9. The number of fused-ring (bicyclic) bond motifs is 1. The van der Waals surface area contributed by atoms with Gasteiger partial charge in [-0.15, -0.1) is 0 Å². The first-order valence-electron chi connectivity index (χ1n) is 13.1. The third kappa shape index (κ3) is 4.30. The number of carbonyl (C=O) groups is 1. The number of anilines is 1. The second kappa shape index (κ2) is 10.7. The Bertz CT molecular complexity index is 1750. The normalized spacial score (nSPS) is 11.1. The summed E-state index contributed by atoms with van der Waals surface area (Å²) in [5.74, 6) is -0.167. The zero-order valence-electron chi connectivity index (χ0n) is 21.7. The van der Waals surface area contributed by atoms with Crippen LogP contribution in [0.3, 0.4) is 0 Å². The number of hydrogen-bond donors (Lipinski definition) is 1. The van der Waals surface area contributed by atoms with E-state index in [9.17, 15) is 10.1 Å². The second-order valence-electron chi connectivity index (χ2n) is 9.54. The molecule has 0 saturated carbocycles. The van der Waals surface area contributed by atoms with E-state index in [2.05, 4.69) is 52.8 Å². The molecule has 5 aromatic carbocycles. The van der Waals surface area contributed by atoms with E-state index in [4.69, 9.17) is 0 Å². The lowest BCUT2D eigenvalue weighted by Crippen LogP contribution is -2.38. The van der Waals surface area contributed by atoms with E-state index >= 15 is 0 Å². The first-order valence-corrected chi connectivity index (χ1v) is 13.1. The molecule has 1 N–H and O–H groups in total. The summed E-state index contributed by atoms with van der Waals surface area (Å²) in [6.07, 6.45) is 3.31. The van der Waals surface area contributed by atoms with Gasteiger partial charge in [0, 0.05) is 29.0 Å². The quantitative estimate of drug-likeness (QED) is 0.174. The van der Waals surface area contributed by atoms with Crippen LogP contribution >= 0.6 is 0 Å².